The van der Waals surface area contributed by atoms with E-state index in [4.69, 9.17) is 0 Å². The Hall–Kier alpha value is -1.01. The highest BCUT2D eigenvalue weighted by Gasteiger charge is 2.41. The zero-order valence-corrected chi connectivity index (χ0v) is 11.4. The molecular formula is C13H17FN2O2S. The predicted molar refractivity (Wildman–Crippen MR) is 68.3 cm³/mol. The summed E-state index contributed by atoms with van der Waals surface area (Å²) in [6.07, 6.45) is 6.07. The van der Waals surface area contributed by atoms with Crippen molar-refractivity contribution >= 4 is 10.0 Å². The number of aromatic nitrogens is 1. The average Bonchev–Trinajstić information content (AvgIpc) is 3.24. The lowest BCUT2D eigenvalue weighted by molar-refractivity contribution is 0.400. The predicted octanol–water partition coefficient (Wildman–Crippen LogP) is 1.94. The number of halogens is 1. The fourth-order valence-electron chi connectivity index (χ4n) is 2.61. The second-order valence-electron chi connectivity index (χ2n) is 5.48. The van der Waals surface area contributed by atoms with Gasteiger partial charge in [-0.05, 0) is 55.6 Å². The normalized spacial score (nSPS) is 19.9. The summed E-state index contributed by atoms with van der Waals surface area (Å²) in [4.78, 5) is 3.62. The summed E-state index contributed by atoms with van der Waals surface area (Å²) in [7, 11) is -3.83. The molecule has 1 N–H and O–H groups in total. The van der Waals surface area contributed by atoms with Crippen LogP contribution in [-0.4, -0.2) is 19.9 Å². The molecule has 1 heterocycles. The van der Waals surface area contributed by atoms with Crippen molar-refractivity contribution < 1.29 is 12.8 Å². The molecule has 0 atom stereocenters. The van der Waals surface area contributed by atoms with Gasteiger partial charge in [0, 0.05) is 12.7 Å². The largest absolute Gasteiger partial charge is 0.261 e. The van der Waals surface area contributed by atoms with Crippen LogP contribution in [0.4, 0.5) is 4.39 Å². The minimum absolute atomic E-state index is 0.410. The lowest BCUT2D eigenvalue weighted by atomic mass is 9.99. The van der Waals surface area contributed by atoms with E-state index in [1.165, 1.54) is 37.9 Å². The molecular weight excluding hydrogens is 267 g/mol. The third-order valence-electron chi connectivity index (χ3n) is 3.94. The van der Waals surface area contributed by atoms with Crippen LogP contribution in [0.15, 0.2) is 23.4 Å². The second-order valence-corrected chi connectivity index (χ2v) is 7.16. The molecule has 2 aliphatic rings. The van der Waals surface area contributed by atoms with Crippen LogP contribution < -0.4 is 4.72 Å². The van der Waals surface area contributed by atoms with Gasteiger partial charge >= 0.3 is 0 Å². The summed E-state index contributed by atoms with van der Waals surface area (Å²) < 4.78 is 40.1. The third-order valence-corrected chi connectivity index (χ3v) is 5.30. The number of pyridine rings is 1. The number of nitrogens with one attached hydrogen (secondary N) is 1. The van der Waals surface area contributed by atoms with Gasteiger partial charge in [-0.1, -0.05) is 0 Å². The minimum atomic E-state index is -3.83. The zero-order chi connectivity index (χ0) is 13.5. The molecule has 2 fully saturated rings. The van der Waals surface area contributed by atoms with E-state index in [1.54, 1.807) is 0 Å². The molecule has 4 nitrogen and oxygen atoms in total. The molecule has 2 aliphatic carbocycles. The summed E-state index contributed by atoms with van der Waals surface area (Å²) >= 11 is 0. The summed E-state index contributed by atoms with van der Waals surface area (Å²) in [6, 6.07) is 2.49. The molecule has 3 rings (SSSR count). The van der Waals surface area contributed by atoms with Gasteiger partial charge in [0.1, 0.15) is 0 Å². The van der Waals surface area contributed by atoms with E-state index in [1.807, 2.05) is 0 Å². The van der Waals surface area contributed by atoms with E-state index in [-0.39, 0.29) is 0 Å². The van der Waals surface area contributed by atoms with Crippen LogP contribution in [0.3, 0.4) is 0 Å². The first kappa shape index (κ1) is 13.0. The Morgan fingerprint density at radius 2 is 1.95 bits per heavy atom. The highest BCUT2D eigenvalue weighted by Crippen LogP contribution is 2.48. The van der Waals surface area contributed by atoms with Gasteiger partial charge in [-0.2, -0.15) is 0 Å². The molecule has 19 heavy (non-hydrogen) atoms. The Kier molecular flexibility index (Phi) is 3.30. The van der Waals surface area contributed by atoms with Crippen LogP contribution in [0.25, 0.3) is 0 Å². The van der Waals surface area contributed by atoms with E-state index >= 15 is 0 Å². The van der Waals surface area contributed by atoms with Gasteiger partial charge in [0.25, 0.3) is 10.0 Å². The molecule has 0 radical (unpaired) electrons. The van der Waals surface area contributed by atoms with Crippen LogP contribution in [0, 0.1) is 23.6 Å². The van der Waals surface area contributed by atoms with Crippen LogP contribution in [0.2, 0.25) is 0 Å². The minimum Gasteiger partial charge on any atom is -0.241 e. The summed E-state index contributed by atoms with van der Waals surface area (Å²) in [5.74, 6) is 0.929. The fraction of sp³-hybridized carbons (Fsp3) is 0.615. The van der Waals surface area contributed by atoms with Crippen molar-refractivity contribution in [1.29, 1.82) is 0 Å². The van der Waals surface area contributed by atoms with Crippen molar-refractivity contribution in [3.63, 3.8) is 0 Å². The topological polar surface area (TPSA) is 59.1 Å². The molecule has 0 amide bonds. The highest BCUT2D eigenvalue weighted by molar-refractivity contribution is 7.89. The van der Waals surface area contributed by atoms with Crippen LogP contribution >= 0.6 is 0 Å². The highest BCUT2D eigenvalue weighted by atomic mass is 32.2. The maximum absolute atomic E-state index is 13.5. The van der Waals surface area contributed by atoms with Gasteiger partial charge in [0.05, 0.1) is 0 Å². The maximum Gasteiger partial charge on any atom is 0.261 e. The van der Waals surface area contributed by atoms with Crippen molar-refractivity contribution in [2.24, 2.45) is 17.8 Å². The second kappa shape index (κ2) is 4.83. The molecule has 104 valence electrons. The van der Waals surface area contributed by atoms with Crippen molar-refractivity contribution in [3.05, 3.63) is 24.1 Å². The monoisotopic (exact) mass is 284 g/mol. The number of hydrogen-bond donors (Lipinski definition) is 1. The fourth-order valence-corrected chi connectivity index (χ4v) is 3.68. The Bertz CT molecular complexity index is 556. The standard InChI is InChI=1S/C13H17FN2O2S/c14-12-2-1-7-15-13(12)19(17,18)16-8-11(9-3-4-9)10-5-6-10/h1-2,7,9-11,16H,3-6,8H2. The number of rotatable bonds is 6. The molecule has 0 spiro atoms. The van der Waals surface area contributed by atoms with E-state index in [2.05, 4.69) is 9.71 Å². The van der Waals surface area contributed by atoms with E-state index in [9.17, 15) is 12.8 Å². The van der Waals surface area contributed by atoms with Crippen molar-refractivity contribution in [3.8, 4) is 0 Å². The quantitative estimate of drug-likeness (QED) is 0.868. The molecule has 0 aromatic carbocycles. The van der Waals surface area contributed by atoms with Gasteiger partial charge in [-0.15, -0.1) is 0 Å². The third kappa shape index (κ3) is 2.95. The molecule has 0 unspecified atom stereocenters. The van der Waals surface area contributed by atoms with Gasteiger partial charge < -0.3 is 0 Å². The van der Waals surface area contributed by atoms with Gasteiger partial charge in [-0.25, -0.2) is 22.5 Å². The first-order chi connectivity index (χ1) is 9.08. The maximum atomic E-state index is 13.5. The smallest absolute Gasteiger partial charge is 0.241 e. The first-order valence-corrected chi connectivity index (χ1v) is 8.16. The van der Waals surface area contributed by atoms with Crippen LogP contribution in [-0.2, 0) is 10.0 Å². The van der Waals surface area contributed by atoms with Gasteiger partial charge in [-0.3, -0.25) is 0 Å². The average molecular weight is 284 g/mol. The Balaban J connectivity index is 1.69. The van der Waals surface area contributed by atoms with E-state index in [0.717, 1.165) is 6.07 Å². The van der Waals surface area contributed by atoms with Gasteiger partial charge in [0.15, 0.2) is 5.82 Å². The zero-order valence-electron chi connectivity index (χ0n) is 10.5. The van der Waals surface area contributed by atoms with Crippen molar-refractivity contribution in [2.45, 2.75) is 30.7 Å². The Morgan fingerprint density at radius 1 is 1.32 bits per heavy atom. The van der Waals surface area contributed by atoms with Crippen LogP contribution in [0.1, 0.15) is 25.7 Å². The van der Waals surface area contributed by atoms with Crippen molar-refractivity contribution in [2.75, 3.05) is 6.54 Å². The number of hydrogen-bond acceptors (Lipinski definition) is 3. The summed E-state index contributed by atoms with van der Waals surface area (Å²) in [6.45, 7) is 0.410. The molecule has 1 aromatic rings. The molecule has 6 heteroatoms. The number of sulfonamides is 1. The first-order valence-electron chi connectivity index (χ1n) is 6.68. The summed E-state index contributed by atoms with van der Waals surface area (Å²) in [5.41, 5.74) is 0. The van der Waals surface area contributed by atoms with Crippen LogP contribution in [0.5, 0.6) is 0 Å². The lowest BCUT2D eigenvalue weighted by Crippen LogP contribution is -2.32. The SMILES string of the molecule is O=S(=O)(NCC(C1CC1)C1CC1)c1ncccc1F. The Morgan fingerprint density at radius 3 is 2.47 bits per heavy atom. The molecule has 2 saturated carbocycles. The molecule has 1 aromatic heterocycles. The molecule has 0 aliphatic heterocycles. The number of nitrogens with zero attached hydrogens (tertiary/aromatic N) is 1. The molecule has 0 saturated heterocycles. The molecule has 0 bridgehead atoms. The summed E-state index contributed by atoms with van der Waals surface area (Å²) in [5, 5.41) is -0.500. The van der Waals surface area contributed by atoms with E-state index in [0.29, 0.717) is 24.3 Å². The lowest BCUT2D eigenvalue weighted by Gasteiger charge is -2.16. The van der Waals surface area contributed by atoms with Crippen molar-refractivity contribution in [1.82, 2.24) is 9.71 Å². The van der Waals surface area contributed by atoms with Gasteiger partial charge in [0.2, 0.25) is 5.03 Å². The Labute approximate surface area is 112 Å². The van der Waals surface area contributed by atoms with E-state index < -0.39 is 20.9 Å².